The molecule has 0 aliphatic rings. The lowest BCUT2D eigenvalue weighted by molar-refractivity contribution is 0.763. The van der Waals surface area contributed by atoms with Crippen LogP contribution in [0.3, 0.4) is 0 Å². The van der Waals surface area contributed by atoms with E-state index in [2.05, 4.69) is 36.8 Å². The van der Waals surface area contributed by atoms with Gasteiger partial charge in [0, 0.05) is 5.57 Å². The molecule has 0 spiro atoms. The zero-order chi connectivity index (χ0) is 13.5. The first-order chi connectivity index (χ1) is 8.85. The van der Waals surface area contributed by atoms with Crippen LogP contribution in [-0.4, -0.2) is 0 Å². The van der Waals surface area contributed by atoms with Crippen molar-refractivity contribution in [3.8, 4) is 11.8 Å². The lowest BCUT2D eigenvalue weighted by Crippen LogP contribution is -1.77. The van der Waals surface area contributed by atoms with E-state index >= 15 is 0 Å². The van der Waals surface area contributed by atoms with E-state index < -0.39 is 0 Å². The first-order valence-electron chi connectivity index (χ1n) is 6.59. The van der Waals surface area contributed by atoms with Crippen molar-refractivity contribution in [1.82, 2.24) is 0 Å². The molecule has 0 unspecified atom stereocenters. The van der Waals surface area contributed by atoms with Crippen molar-refractivity contribution in [2.24, 2.45) is 0 Å². The maximum absolute atomic E-state index is 3.72. The van der Waals surface area contributed by atoms with Crippen molar-refractivity contribution in [2.75, 3.05) is 0 Å². The highest BCUT2D eigenvalue weighted by molar-refractivity contribution is 5.31. The molecule has 0 aliphatic heterocycles. The van der Waals surface area contributed by atoms with Gasteiger partial charge in [0.15, 0.2) is 0 Å². The SMILES string of the molecule is C=CCCCCC=C=CC=C(C#CC)CCC=C. The van der Waals surface area contributed by atoms with Gasteiger partial charge in [0.25, 0.3) is 0 Å². The van der Waals surface area contributed by atoms with Crippen LogP contribution < -0.4 is 0 Å². The van der Waals surface area contributed by atoms with Gasteiger partial charge in [0.2, 0.25) is 0 Å². The summed E-state index contributed by atoms with van der Waals surface area (Å²) in [6, 6.07) is 0. The lowest BCUT2D eigenvalue weighted by atomic mass is 10.1. The number of hydrogen-bond donors (Lipinski definition) is 0. The van der Waals surface area contributed by atoms with Crippen LogP contribution >= 0.6 is 0 Å². The van der Waals surface area contributed by atoms with Gasteiger partial charge < -0.3 is 0 Å². The summed E-state index contributed by atoms with van der Waals surface area (Å²) in [5.41, 5.74) is 4.33. The van der Waals surface area contributed by atoms with E-state index in [0.29, 0.717) is 0 Å². The van der Waals surface area contributed by atoms with E-state index in [1.807, 2.05) is 31.2 Å². The smallest absolute Gasteiger partial charge is 0.00293 e. The van der Waals surface area contributed by atoms with E-state index in [1.54, 1.807) is 0 Å². The molecular formula is C18H24. The summed E-state index contributed by atoms with van der Waals surface area (Å²) in [5, 5.41) is 0. The molecule has 0 nitrogen and oxygen atoms in total. The molecule has 96 valence electrons. The minimum Gasteiger partial charge on any atom is -0.125 e. The Bertz CT molecular complexity index is 376. The lowest BCUT2D eigenvalue weighted by Gasteiger charge is -1.93. The van der Waals surface area contributed by atoms with Crippen LogP contribution in [0.5, 0.6) is 0 Å². The Balaban J connectivity index is 4.10. The topological polar surface area (TPSA) is 0 Å². The predicted octanol–water partition coefficient (Wildman–Crippen LogP) is 5.36. The molecule has 0 aromatic rings. The van der Waals surface area contributed by atoms with Crippen molar-refractivity contribution >= 4 is 0 Å². The number of rotatable bonds is 9. The summed E-state index contributed by atoms with van der Waals surface area (Å²) in [4.78, 5) is 0. The molecule has 0 atom stereocenters. The van der Waals surface area contributed by atoms with Crippen LogP contribution in [0.25, 0.3) is 0 Å². The van der Waals surface area contributed by atoms with Crippen LogP contribution in [0.2, 0.25) is 0 Å². The van der Waals surface area contributed by atoms with E-state index in [-0.39, 0.29) is 0 Å². The van der Waals surface area contributed by atoms with Gasteiger partial charge in [0.1, 0.15) is 0 Å². The van der Waals surface area contributed by atoms with Gasteiger partial charge >= 0.3 is 0 Å². The molecule has 0 N–H and O–H groups in total. The minimum absolute atomic E-state index is 0.960. The molecule has 0 aromatic heterocycles. The van der Waals surface area contributed by atoms with Crippen LogP contribution in [-0.2, 0) is 0 Å². The fourth-order valence-corrected chi connectivity index (χ4v) is 1.44. The molecule has 0 heteroatoms. The molecule has 0 radical (unpaired) electrons. The third kappa shape index (κ3) is 10.8. The van der Waals surface area contributed by atoms with Crippen molar-refractivity contribution in [2.45, 2.75) is 45.4 Å². The van der Waals surface area contributed by atoms with Crippen molar-refractivity contribution in [3.63, 3.8) is 0 Å². The maximum atomic E-state index is 3.72. The second-order valence-corrected chi connectivity index (χ2v) is 4.00. The average molecular weight is 240 g/mol. The Morgan fingerprint density at radius 1 is 1.06 bits per heavy atom. The zero-order valence-corrected chi connectivity index (χ0v) is 11.5. The van der Waals surface area contributed by atoms with E-state index in [0.717, 1.165) is 31.3 Å². The average Bonchev–Trinajstić information content (AvgIpc) is 2.39. The molecule has 0 saturated carbocycles. The molecule has 0 aromatic carbocycles. The first kappa shape index (κ1) is 16.3. The highest BCUT2D eigenvalue weighted by atomic mass is 13.9. The Kier molecular flexibility index (Phi) is 12.1. The largest absolute Gasteiger partial charge is 0.125 e. The Labute approximate surface area is 112 Å². The Morgan fingerprint density at radius 3 is 2.44 bits per heavy atom. The highest BCUT2D eigenvalue weighted by Crippen LogP contribution is 2.04. The summed E-state index contributed by atoms with van der Waals surface area (Å²) in [6.45, 7) is 9.30. The van der Waals surface area contributed by atoms with Gasteiger partial charge in [-0.25, -0.2) is 0 Å². The molecule has 0 bridgehead atoms. The maximum Gasteiger partial charge on any atom is 0.00293 e. The van der Waals surface area contributed by atoms with Gasteiger partial charge in [0.05, 0.1) is 0 Å². The van der Waals surface area contributed by atoms with Crippen LogP contribution in [0, 0.1) is 11.8 Å². The molecule has 18 heavy (non-hydrogen) atoms. The third-order valence-electron chi connectivity index (χ3n) is 2.41. The minimum atomic E-state index is 0.960. The zero-order valence-electron chi connectivity index (χ0n) is 11.5. The second kappa shape index (κ2) is 13.4. The van der Waals surface area contributed by atoms with E-state index in [1.165, 1.54) is 12.8 Å². The molecule has 0 saturated heterocycles. The number of hydrogen-bond acceptors (Lipinski definition) is 0. The van der Waals surface area contributed by atoms with Gasteiger partial charge in [-0.05, 0) is 63.7 Å². The van der Waals surface area contributed by atoms with E-state index in [4.69, 9.17) is 0 Å². The number of unbranched alkanes of at least 4 members (excludes halogenated alkanes) is 3. The van der Waals surface area contributed by atoms with Gasteiger partial charge in [-0.3, -0.25) is 0 Å². The van der Waals surface area contributed by atoms with Crippen molar-refractivity contribution < 1.29 is 0 Å². The molecule has 0 fully saturated rings. The number of allylic oxidation sites excluding steroid dienone is 5. The van der Waals surface area contributed by atoms with Crippen LogP contribution in [0.1, 0.15) is 45.4 Å². The van der Waals surface area contributed by atoms with E-state index in [9.17, 15) is 0 Å². The predicted molar refractivity (Wildman–Crippen MR) is 82.3 cm³/mol. The molecule has 0 amide bonds. The second-order valence-electron chi connectivity index (χ2n) is 4.00. The quantitative estimate of drug-likeness (QED) is 0.167. The standard InChI is InChI=1S/C18H24/c1-4-7-9-10-11-12-13-14-17-18(15-6-3)16-8-5-2/h4-5,12,14,17H,1-2,7-11,16H2,3H3. The summed E-state index contributed by atoms with van der Waals surface area (Å²) in [5.74, 6) is 6.04. The van der Waals surface area contributed by atoms with Crippen LogP contribution in [0.4, 0.5) is 0 Å². The first-order valence-corrected chi connectivity index (χ1v) is 6.59. The molecule has 0 rings (SSSR count). The van der Waals surface area contributed by atoms with Gasteiger partial charge in [-0.1, -0.05) is 18.1 Å². The Hall–Kier alpha value is -1.70. The summed E-state index contributed by atoms with van der Waals surface area (Å²) >= 11 is 0. The van der Waals surface area contributed by atoms with Gasteiger partial charge in [-0.2, -0.15) is 0 Å². The third-order valence-corrected chi connectivity index (χ3v) is 2.41. The molecule has 0 aliphatic carbocycles. The summed E-state index contributed by atoms with van der Waals surface area (Å²) < 4.78 is 0. The molecule has 0 heterocycles. The van der Waals surface area contributed by atoms with Crippen LogP contribution in [0.15, 0.2) is 54.8 Å². The van der Waals surface area contributed by atoms with Crippen molar-refractivity contribution in [1.29, 1.82) is 0 Å². The summed E-state index contributed by atoms with van der Waals surface area (Å²) in [7, 11) is 0. The van der Waals surface area contributed by atoms with Crippen molar-refractivity contribution in [3.05, 3.63) is 54.8 Å². The monoisotopic (exact) mass is 240 g/mol. The fourth-order valence-electron chi connectivity index (χ4n) is 1.44. The Morgan fingerprint density at radius 2 is 1.78 bits per heavy atom. The molecular weight excluding hydrogens is 216 g/mol. The fraction of sp³-hybridized carbons (Fsp3) is 0.389. The van der Waals surface area contributed by atoms with Gasteiger partial charge in [-0.15, -0.1) is 24.8 Å². The highest BCUT2D eigenvalue weighted by Gasteiger charge is 1.88. The summed E-state index contributed by atoms with van der Waals surface area (Å²) in [6.07, 6.45) is 16.5. The normalized spacial score (nSPS) is 9.72.